The molecular formula is C14H18ClIN2O. The van der Waals surface area contributed by atoms with E-state index in [1.54, 1.807) is 6.07 Å². The maximum Gasteiger partial charge on any atom is 0.230 e. The normalized spacial score (nSPS) is 18.1. The summed E-state index contributed by atoms with van der Waals surface area (Å²) in [6.07, 6.45) is 2.68. The van der Waals surface area contributed by atoms with Gasteiger partial charge < -0.3 is 10.6 Å². The van der Waals surface area contributed by atoms with E-state index in [-0.39, 0.29) is 11.3 Å². The van der Waals surface area contributed by atoms with Gasteiger partial charge in [0.15, 0.2) is 0 Å². The lowest BCUT2D eigenvalue weighted by atomic mass is 9.76. The first kappa shape index (κ1) is 15.1. The number of benzene rings is 1. The van der Waals surface area contributed by atoms with Gasteiger partial charge in [0, 0.05) is 8.59 Å². The van der Waals surface area contributed by atoms with Crippen molar-refractivity contribution in [2.45, 2.75) is 26.2 Å². The van der Waals surface area contributed by atoms with Crippen LogP contribution in [0.15, 0.2) is 18.2 Å². The number of hydrogen-bond donors (Lipinski definition) is 2. The van der Waals surface area contributed by atoms with E-state index in [9.17, 15) is 4.79 Å². The largest absolute Gasteiger partial charge is 0.325 e. The first-order valence-corrected chi connectivity index (χ1v) is 8.00. The van der Waals surface area contributed by atoms with Gasteiger partial charge in [-0.3, -0.25) is 4.79 Å². The zero-order valence-electron chi connectivity index (χ0n) is 10.9. The van der Waals surface area contributed by atoms with Gasteiger partial charge in [-0.2, -0.15) is 0 Å². The van der Waals surface area contributed by atoms with Gasteiger partial charge in [0.05, 0.1) is 11.1 Å². The maximum atomic E-state index is 12.6. The fourth-order valence-electron chi connectivity index (χ4n) is 2.49. The third kappa shape index (κ3) is 3.41. The molecule has 0 saturated carbocycles. The number of carbonyl (C=O) groups is 1. The van der Waals surface area contributed by atoms with E-state index in [0.717, 1.165) is 41.6 Å². The van der Waals surface area contributed by atoms with Crippen molar-refractivity contribution in [3.8, 4) is 0 Å². The first-order chi connectivity index (χ1) is 9.07. The number of halogens is 2. The molecule has 1 saturated heterocycles. The molecule has 2 N–H and O–H groups in total. The fraction of sp³-hybridized carbons (Fsp3) is 0.500. The van der Waals surface area contributed by atoms with Gasteiger partial charge in [-0.15, -0.1) is 0 Å². The van der Waals surface area contributed by atoms with E-state index in [1.807, 2.05) is 12.1 Å². The van der Waals surface area contributed by atoms with Crippen LogP contribution in [-0.2, 0) is 4.79 Å². The average molecular weight is 393 g/mol. The number of piperidine rings is 1. The third-order valence-corrected chi connectivity index (χ3v) is 5.03. The van der Waals surface area contributed by atoms with Crippen molar-refractivity contribution in [3.63, 3.8) is 0 Å². The highest BCUT2D eigenvalue weighted by molar-refractivity contribution is 14.1. The summed E-state index contributed by atoms with van der Waals surface area (Å²) in [5.74, 6) is 0.136. The van der Waals surface area contributed by atoms with Gasteiger partial charge in [0.1, 0.15) is 0 Å². The smallest absolute Gasteiger partial charge is 0.230 e. The molecule has 104 valence electrons. The van der Waals surface area contributed by atoms with Crippen LogP contribution in [0, 0.1) is 8.99 Å². The zero-order valence-corrected chi connectivity index (χ0v) is 13.8. The van der Waals surface area contributed by atoms with Gasteiger partial charge in [0.2, 0.25) is 5.91 Å². The molecule has 0 atom stereocenters. The van der Waals surface area contributed by atoms with Crippen LogP contribution in [0.2, 0.25) is 5.02 Å². The number of amides is 1. The van der Waals surface area contributed by atoms with E-state index in [1.165, 1.54) is 0 Å². The molecule has 0 aliphatic carbocycles. The van der Waals surface area contributed by atoms with Crippen molar-refractivity contribution >= 4 is 45.8 Å². The summed E-state index contributed by atoms with van der Waals surface area (Å²) in [4.78, 5) is 12.6. The highest BCUT2D eigenvalue weighted by atomic mass is 127. The molecule has 1 aliphatic rings. The Morgan fingerprint density at radius 2 is 2.16 bits per heavy atom. The van der Waals surface area contributed by atoms with Crippen LogP contribution in [0.25, 0.3) is 0 Å². The van der Waals surface area contributed by atoms with Crippen molar-refractivity contribution in [2.75, 3.05) is 18.4 Å². The predicted molar refractivity (Wildman–Crippen MR) is 87.6 cm³/mol. The first-order valence-electron chi connectivity index (χ1n) is 6.54. The second-order valence-electron chi connectivity index (χ2n) is 4.96. The van der Waals surface area contributed by atoms with Gasteiger partial charge in [-0.1, -0.05) is 18.5 Å². The molecule has 1 heterocycles. The van der Waals surface area contributed by atoms with E-state index in [2.05, 4.69) is 40.1 Å². The number of carbonyl (C=O) groups excluding carboxylic acids is 1. The molecule has 1 aromatic carbocycles. The lowest BCUT2D eigenvalue weighted by molar-refractivity contribution is -0.127. The molecule has 0 aromatic heterocycles. The van der Waals surface area contributed by atoms with E-state index in [0.29, 0.717) is 5.02 Å². The molecule has 0 unspecified atom stereocenters. The monoisotopic (exact) mass is 392 g/mol. The molecule has 0 radical (unpaired) electrons. The van der Waals surface area contributed by atoms with Gasteiger partial charge in [-0.05, 0) is 73.1 Å². The summed E-state index contributed by atoms with van der Waals surface area (Å²) in [6, 6.07) is 5.53. The molecule has 1 fully saturated rings. The minimum atomic E-state index is -0.228. The topological polar surface area (TPSA) is 41.1 Å². The molecule has 0 spiro atoms. The molecule has 1 aliphatic heterocycles. The zero-order chi connectivity index (χ0) is 13.9. The van der Waals surface area contributed by atoms with Crippen LogP contribution in [0.3, 0.4) is 0 Å². The number of nitrogens with one attached hydrogen (secondary N) is 2. The summed E-state index contributed by atoms with van der Waals surface area (Å²) >= 11 is 8.13. The molecular weight excluding hydrogens is 375 g/mol. The van der Waals surface area contributed by atoms with Gasteiger partial charge in [-0.25, -0.2) is 0 Å². The average Bonchev–Trinajstić information content (AvgIpc) is 2.42. The lowest BCUT2D eigenvalue weighted by Gasteiger charge is -2.35. The van der Waals surface area contributed by atoms with E-state index < -0.39 is 0 Å². The molecule has 1 amide bonds. The van der Waals surface area contributed by atoms with Crippen molar-refractivity contribution in [1.82, 2.24) is 5.32 Å². The lowest BCUT2D eigenvalue weighted by Crippen LogP contribution is -2.44. The van der Waals surface area contributed by atoms with Crippen molar-refractivity contribution < 1.29 is 4.79 Å². The minimum absolute atomic E-state index is 0.136. The Bertz CT molecular complexity index is 473. The number of anilines is 1. The van der Waals surface area contributed by atoms with E-state index >= 15 is 0 Å². The summed E-state index contributed by atoms with van der Waals surface area (Å²) < 4.78 is 0.971. The van der Waals surface area contributed by atoms with Crippen molar-refractivity contribution in [1.29, 1.82) is 0 Å². The van der Waals surface area contributed by atoms with Crippen LogP contribution in [-0.4, -0.2) is 19.0 Å². The Morgan fingerprint density at radius 1 is 1.47 bits per heavy atom. The van der Waals surface area contributed by atoms with Crippen molar-refractivity contribution in [3.05, 3.63) is 26.8 Å². The fourth-order valence-corrected chi connectivity index (χ4v) is 3.50. The Balaban J connectivity index is 2.15. The standard InChI is InChI=1S/C14H18ClIN2O/c1-2-14(5-7-17-8-6-14)13(19)18-12-4-3-10(15)9-11(12)16/h3-4,9,17H,2,5-8H2,1H3,(H,18,19). The van der Waals surface area contributed by atoms with Crippen LogP contribution in [0.1, 0.15) is 26.2 Å². The quantitative estimate of drug-likeness (QED) is 0.771. The molecule has 19 heavy (non-hydrogen) atoms. The van der Waals surface area contributed by atoms with Crippen LogP contribution in [0.5, 0.6) is 0 Å². The molecule has 1 aromatic rings. The van der Waals surface area contributed by atoms with Gasteiger partial charge in [0.25, 0.3) is 0 Å². The molecule has 5 heteroatoms. The second kappa shape index (κ2) is 6.41. The molecule has 0 bridgehead atoms. The Morgan fingerprint density at radius 3 is 2.74 bits per heavy atom. The Hall–Kier alpha value is -0.330. The van der Waals surface area contributed by atoms with Crippen LogP contribution < -0.4 is 10.6 Å². The maximum absolute atomic E-state index is 12.6. The summed E-state index contributed by atoms with van der Waals surface area (Å²) in [5, 5.41) is 7.07. The molecule has 3 nitrogen and oxygen atoms in total. The summed E-state index contributed by atoms with van der Waals surface area (Å²) in [5.41, 5.74) is 0.620. The highest BCUT2D eigenvalue weighted by Gasteiger charge is 2.37. The minimum Gasteiger partial charge on any atom is -0.325 e. The Labute approximate surface area is 132 Å². The summed E-state index contributed by atoms with van der Waals surface area (Å²) in [7, 11) is 0. The van der Waals surface area contributed by atoms with Gasteiger partial charge >= 0.3 is 0 Å². The predicted octanol–water partition coefficient (Wildman–Crippen LogP) is 3.66. The van der Waals surface area contributed by atoms with Crippen LogP contribution >= 0.6 is 34.2 Å². The SMILES string of the molecule is CCC1(C(=O)Nc2ccc(Cl)cc2I)CCNCC1. The van der Waals surface area contributed by atoms with E-state index in [4.69, 9.17) is 11.6 Å². The number of rotatable bonds is 3. The highest BCUT2D eigenvalue weighted by Crippen LogP contribution is 2.34. The third-order valence-electron chi connectivity index (χ3n) is 3.90. The number of hydrogen-bond acceptors (Lipinski definition) is 2. The Kier molecular flexibility index (Phi) is 5.09. The van der Waals surface area contributed by atoms with Crippen molar-refractivity contribution in [2.24, 2.45) is 5.41 Å². The molecule has 2 rings (SSSR count). The van der Waals surface area contributed by atoms with Crippen LogP contribution in [0.4, 0.5) is 5.69 Å². The second-order valence-corrected chi connectivity index (χ2v) is 6.56. The summed E-state index contributed by atoms with van der Waals surface area (Å²) in [6.45, 7) is 3.93.